The molecule has 0 aromatic heterocycles. The molecule has 4 heavy (non-hydrogen) atoms. The Morgan fingerprint density at radius 3 is 1.50 bits per heavy atom. The summed E-state index contributed by atoms with van der Waals surface area (Å²) in [7, 11) is 2.36. The molecular weight excluding hydrogens is 77.1 g/mol. The largest absolute Gasteiger partial charge is 1.00 e. The average Bonchev–Trinajstić information content (AvgIpc) is 0.918. The van der Waals surface area contributed by atoms with Crippen molar-refractivity contribution < 1.29 is 20.3 Å². The maximum atomic E-state index is 3.03. The first kappa shape index (κ1) is 8.89. The summed E-state index contributed by atoms with van der Waals surface area (Å²) in [5.41, 5.74) is 0. The van der Waals surface area contributed by atoms with Crippen LogP contribution >= 0.6 is 0 Å². The van der Waals surface area contributed by atoms with Crippen LogP contribution in [0, 0.1) is 0 Å². The molecule has 0 atom stereocenters. The van der Waals surface area contributed by atoms with Gasteiger partial charge in [-0.25, -0.2) is 0 Å². The summed E-state index contributed by atoms with van der Waals surface area (Å²) in [6.45, 7) is 0. The molecule has 0 spiro atoms. The predicted molar refractivity (Wildman–Crippen MR) is 24.1 cm³/mol. The number of nitrogens with one attached hydrogen (secondary N) is 1. The Morgan fingerprint density at radius 2 is 1.50 bits per heavy atom. The van der Waals surface area contributed by atoms with E-state index in [4.69, 9.17) is 0 Å². The van der Waals surface area contributed by atoms with Crippen LogP contribution < -0.4 is 23.5 Å². The Balaban J connectivity index is -0.0000000200. The van der Waals surface area contributed by atoms with E-state index in [1.54, 1.807) is 0 Å². The van der Waals surface area contributed by atoms with Gasteiger partial charge in [0.05, 0.1) is 20.8 Å². The van der Waals surface area contributed by atoms with E-state index in [2.05, 4.69) is 4.65 Å². The molecule has 0 heterocycles. The van der Waals surface area contributed by atoms with Gasteiger partial charge in [0.15, 0.2) is 0 Å². The van der Waals surface area contributed by atoms with Gasteiger partial charge < -0.3 is 6.07 Å². The van der Waals surface area contributed by atoms with Gasteiger partial charge in [0.1, 0.15) is 0 Å². The first-order valence-corrected chi connectivity index (χ1v) is 3.00. The van der Waals surface area contributed by atoms with E-state index < -0.39 is 0 Å². The van der Waals surface area contributed by atoms with Gasteiger partial charge in [-0.15, -0.1) is 0 Å². The van der Waals surface area contributed by atoms with Crippen LogP contribution in [0.5, 0.6) is 0 Å². The molecule has 0 aliphatic carbocycles. The third-order valence-electron chi connectivity index (χ3n) is 0. The zero-order valence-electron chi connectivity index (χ0n) is 4.50. The topological polar surface area (TPSA) is 12.0 Å². The minimum Gasteiger partial charge on any atom is -1.00 e. The number of rotatable bonds is 0. The van der Waals surface area contributed by atoms with Gasteiger partial charge in [-0.05, 0) is 0 Å². The zero-order chi connectivity index (χ0) is 2.71. The minimum atomic E-state index is 0. The smallest absolute Gasteiger partial charge is 1.00 e. The molecule has 0 rings (SSSR count). The fraction of sp³-hybridized carbons (Fsp3) is 0. The molecule has 0 radical (unpaired) electrons. The SMILES string of the molecule is [H-].[Li+].[SiH3]N[SiH3]. The summed E-state index contributed by atoms with van der Waals surface area (Å²) in [5.74, 6) is 0. The third-order valence-corrected chi connectivity index (χ3v) is 0. The summed E-state index contributed by atoms with van der Waals surface area (Å²) >= 11 is 0. The zero-order valence-corrected chi connectivity index (χ0v) is 7.50. The molecule has 0 aliphatic rings. The van der Waals surface area contributed by atoms with Crippen LogP contribution in [0.25, 0.3) is 0 Å². The second-order valence-corrected chi connectivity index (χ2v) is 4.50. The van der Waals surface area contributed by atoms with Gasteiger partial charge in [0.2, 0.25) is 0 Å². The Labute approximate surface area is 46.2 Å². The summed E-state index contributed by atoms with van der Waals surface area (Å²) in [4.78, 5) is 0. The summed E-state index contributed by atoms with van der Waals surface area (Å²) in [6, 6.07) is 0. The normalized spacial score (nSPS) is 6.00. The average molecular weight is 85.2 g/mol. The Bertz CT molecular complexity index is 9.61. The van der Waals surface area contributed by atoms with Crippen molar-refractivity contribution in [3.8, 4) is 0 Å². The van der Waals surface area contributed by atoms with Crippen molar-refractivity contribution in [2.75, 3.05) is 0 Å². The summed E-state index contributed by atoms with van der Waals surface area (Å²) in [5, 5.41) is 0. The molecule has 4 heteroatoms. The van der Waals surface area contributed by atoms with E-state index in [0.29, 0.717) is 0 Å². The van der Waals surface area contributed by atoms with Crippen molar-refractivity contribution in [1.29, 1.82) is 0 Å². The second kappa shape index (κ2) is 9.01. The fourth-order valence-corrected chi connectivity index (χ4v) is 0. The minimum absolute atomic E-state index is 0. The molecule has 22 valence electrons. The van der Waals surface area contributed by atoms with Crippen molar-refractivity contribution in [3.05, 3.63) is 0 Å². The van der Waals surface area contributed by atoms with E-state index >= 15 is 0 Å². The van der Waals surface area contributed by atoms with E-state index in [-0.39, 0.29) is 20.3 Å². The standard InChI is InChI=1S/Li.H7NSi2.H/c;2-1-3;/h;1H,2-3H3;/q+1;;-1. The molecule has 1 N–H and O–H groups in total. The molecule has 0 amide bonds. The van der Waals surface area contributed by atoms with Crippen LogP contribution in [-0.4, -0.2) is 20.8 Å². The molecule has 0 aromatic rings. The van der Waals surface area contributed by atoms with Crippen molar-refractivity contribution in [2.24, 2.45) is 0 Å². The molecule has 0 unspecified atom stereocenters. The van der Waals surface area contributed by atoms with E-state index in [1.807, 2.05) is 0 Å². The molecule has 0 aromatic carbocycles. The maximum Gasteiger partial charge on any atom is 1.00 e. The van der Waals surface area contributed by atoms with Crippen LogP contribution in [0.3, 0.4) is 0 Å². The van der Waals surface area contributed by atoms with Gasteiger partial charge in [-0.1, -0.05) is 0 Å². The molecule has 0 bridgehead atoms. The number of hydrogen-bond donors (Lipinski definition) is 1. The third kappa shape index (κ3) is 12.1. The second-order valence-electron chi connectivity index (χ2n) is 0.500. The maximum absolute atomic E-state index is 3.03. The van der Waals surface area contributed by atoms with Gasteiger partial charge in [-0.2, -0.15) is 0 Å². The van der Waals surface area contributed by atoms with Crippen molar-refractivity contribution in [1.82, 2.24) is 4.65 Å². The molecular formula is H8LiNSi2. The summed E-state index contributed by atoms with van der Waals surface area (Å²) < 4.78 is 3.03. The van der Waals surface area contributed by atoms with Crippen LogP contribution in [0.15, 0.2) is 0 Å². The van der Waals surface area contributed by atoms with Crippen LogP contribution in [0.2, 0.25) is 0 Å². The van der Waals surface area contributed by atoms with Crippen molar-refractivity contribution in [3.63, 3.8) is 0 Å². The molecule has 0 saturated carbocycles. The van der Waals surface area contributed by atoms with Crippen LogP contribution in [0.1, 0.15) is 1.43 Å². The van der Waals surface area contributed by atoms with E-state index in [0.717, 1.165) is 0 Å². The monoisotopic (exact) mass is 85.0 g/mol. The summed E-state index contributed by atoms with van der Waals surface area (Å²) in [6.07, 6.45) is 0. The van der Waals surface area contributed by atoms with Crippen molar-refractivity contribution >= 4 is 20.8 Å². The van der Waals surface area contributed by atoms with Crippen molar-refractivity contribution in [2.45, 2.75) is 0 Å². The Kier molecular flexibility index (Phi) is 20.0. The number of hydrogen-bond acceptors (Lipinski definition) is 1. The molecule has 0 saturated heterocycles. The fourth-order valence-electron chi connectivity index (χ4n) is 0. The molecule has 1 nitrogen and oxygen atoms in total. The van der Waals surface area contributed by atoms with Gasteiger partial charge >= 0.3 is 18.9 Å². The van der Waals surface area contributed by atoms with Crippen LogP contribution in [0.4, 0.5) is 0 Å². The van der Waals surface area contributed by atoms with E-state index in [9.17, 15) is 0 Å². The predicted octanol–water partition coefficient (Wildman–Crippen LogP) is -5.75. The molecule has 0 fully saturated rings. The quantitative estimate of drug-likeness (QED) is 0.289. The van der Waals surface area contributed by atoms with E-state index in [1.165, 1.54) is 20.8 Å². The van der Waals surface area contributed by atoms with Gasteiger partial charge in [0, 0.05) is 0 Å². The van der Waals surface area contributed by atoms with Gasteiger partial charge in [0.25, 0.3) is 0 Å². The van der Waals surface area contributed by atoms with Gasteiger partial charge in [-0.3, -0.25) is 0 Å². The first-order valence-electron chi connectivity index (χ1n) is 1.00. The Hall–Kier alpha value is 0.991. The Morgan fingerprint density at radius 1 is 1.50 bits per heavy atom. The van der Waals surface area contributed by atoms with Crippen LogP contribution in [-0.2, 0) is 0 Å². The molecule has 0 aliphatic heterocycles. The first-order chi connectivity index (χ1) is 1.41.